The van der Waals surface area contributed by atoms with Crippen LogP contribution in [0.4, 0.5) is 0 Å². The van der Waals surface area contributed by atoms with Gasteiger partial charge in [0, 0.05) is 13.2 Å². The molecular weight excluding hydrogens is 186 g/mol. The third-order valence-corrected chi connectivity index (χ3v) is 2.39. The van der Waals surface area contributed by atoms with E-state index in [1.165, 1.54) is 7.11 Å². The van der Waals surface area contributed by atoms with Crippen LogP contribution in [0, 0.1) is 5.41 Å². The number of carboxylic acids is 1. The maximum Gasteiger partial charge on any atom is 0.319 e. The molecule has 2 N–H and O–H groups in total. The molecule has 0 bridgehead atoms. The summed E-state index contributed by atoms with van der Waals surface area (Å²) in [5, 5.41) is 11.4. The predicted octanol–water partition coefficient (Wildman–Crippen LogP) is 0.00230. The van der Waals surface area contributed by atoms with E-state index < -0.39 is 17.3 Å². The van der Waals surface area contributed by atoms with E-state index in [0.29, 0.717) is 19.4 Å². The average Bonchev–Trinajstić information content (AvgIpc) is 2.83. The zero-order chi connectivity index (χ0) is 10.8. The molecule has 0 aromatic rings. The van der Waals surface area contributed by atoms with E-state index in [4.69, 9.17) is 9.84 Å². The molecule has 5 nitrogen and oxygen atoms in total. The van der Waals surface area contributed by atoms with Crippen molar-refractivity contribution in [2.75, 3.05) is 13.7 Å². The van der Waals surface area contributed by atoms with E-state index in [2.05, 4.69) is 5.32 Å². The molecule has 14 heavy (non-hydrogen) atoms. The molecule has 1 amide bonds. The molecule has 0 aromatic carbocycles. The third-order valence-electron chi connectivity index (χ3n) is 2.39. The standard InChI is InChI=1S/C9H15NO4/c1-6(5-14-2)10-7(11)9(3-4-9)8(12)13/h6H,3-5H2,1-2H3,(H,10,11)(H,12,13). The summed E-state index contributed by atoms with van der Waals surface area (Å²) in [6.45, 7) is 2.17. The third kappa shape index (κ3) is 2.04. The van der Waals surface area contributed by atoms with Gasteiger partial charge in [0.15, 0.2) is 0 Å². The lowest BCUT2D eigenvalue weighted by molar-refractivity contribution is -0.149. The zero-order valence-electron chi connectivity index (χ0n) is 8.37. The summed E-state index contributed by atoms with van der Waals surface area (Å²) in [5.41, 5.74) is -1.15. The number of carboxylic acid groups (broad SMARTS) is 1. The van der Waals surface area contributed by atoms with Crippen LogP contribution in [0.5, 0.6) is 0 Å². The van der Waals surface area contributed by atoms with Gasteiger partial charge in [0.05, 0.1) is 6.61 Å². The van der Waals surface area contributed by atoms with Gasteiger partial charge in [-0.15, -0.1) is 0 Å². The van der Waals surface area contributed by atoms with Gasteiger partial charge in [-0.1, -0.05) is 0 Å². The maximum absolute atomic E-state index is 11.5. The van der Waals surface area contributed by atoms with E-state index in [-0.39, 0.29) is 6.04 Å². The average molecular weight is 201 g/mol. The Morgan fingerprint density at radius 3 is 2.50 bits per heavy atom. The van der Waals surface area contributed by atoms with Gasteiger partial charge < -0.3 is 15.2 Å². The molecule has 1 atom stereocenters. The number of rotatable bonds is 5. The molecule has 1 aliphatic carbocycles. The summed E-state index contributed by atoms with van der Waals surface area (Å²) in [6.07, 6.45) is 0.877. The smallest absolute Gasteiger partial charge is 0.319 e. The van der Waals surface area contributed by atoms with Crippen LogP contribution in [0.25, 0.3) is 0 Å². The molecular formula is C9H15NO4. The molecule has 0 radical (unpaired) electrons. The quantitative estimate of drug-likeness (QED) is 0.614. The minimum absolute atomic E-state index is 0.149. The molecule has 0 spiro atoms. The number of amides is 1. The molecule has 1 aliphatic rings. The summed E-state index contributed by atoms with van der Waals surface area (Å²) < 4.78 is 4.84. The molecule has 1 rings (SSSR count). The van der Waals surface area contributed by atoms with Gasteiger partial charge in [-0.05, 0) is 19.8 Å². The minimum atomic E-state index is -1.15. The molecule has 80 valence electrons. The SMILES string of the molecule is COCC(C)NC(=O)C1(C(=O)O)CC1. The topological polar surface area (TPSA) is 75.6 Å². The largest absolute Gasteiger partial charge is 0.480 e. The predicted molar refractivity (Wildman–Crippen MR) is 48.8 cm³/mol. The number of ether oxygens (including phenoxy) is 1. The van der Waals surface area contributed by atoms with Crippen molar-refractivity contribution in [3.05, 3.63) is 0 Å². The second-order valence-electron chi connectivity index (χ2n) is 3.72. The van der Waals surface area contributed by atoms with Crippen molar-refractivity contribution in [3.63, 3.8) is 0 Å². The number of carbonyl (C=O) groups excluding carboxylic acids is 1. The number of hydrogen-bond acceptors (Lipinski definition) is 3. The van der Waals surface area contributed by atoms with Crippen molar-refractivity contribution in [1.82, 2.24) is 5.32 Å². The highest BCUT2D eigenvalue weighted by Gasteiger charge is 2.57. The Labute approximate surface area is 82.4 Å². The molecule has 0 heterocycles. The highest BCUT2D eigenvalue weighted by molar-refractivity contribution is 6.04. The normalized spacial score (nSPS) is 19.9. The molecule has 1 saturated carbocycles. The lowest BCUT2D eigenvalue weighted by atomic mass is 10.1. The van der Waals surface area contributed by atoms with Gasteiger partial charge in [0.25, 0.3) is 0 Å². The van der Waals surface area contributed by atoms with Crippen molar-refractivity contribution >= 4 is 11.9 Å². The van der Waals surface area contributed by atoms with Gasteiger partial charge in [0.1, 0.15) is 5.41 Å². The first-order chi connectivity index (χ1) is 6.53. The van der Waals surface area contributed by atoms with E-state index in [1.54, 1.807) is 6.92 Å². The van der Waals surface area contributed by atoms with E-state index in [1.807, 2.05) is 0 Å². The first kappa shape index (κ1) is 11.0. The van der Waals surface area contributed by atoms with Crippen LogP contribution in [-0.2, 0) is 14.3 Å². The Morgan fingerprint density at radius 1 is 1.57 bits per heavy atom. The van der Waals surface area contributed by atoms with Crippen molar-refractivity contribution in [2.45, 2.75) is 25.8 Å². The number of hydrogen-bond donors (Lipinski definition) is 2. The number of aliphatic carboxylic acids is 1. The van der Waals surface area contributed by atoms with E-state index in [0.717, 1.165) is 0 Å². The first-order valence-electron chi connectivity index (χ1n) is 4.56. The zero-order valence-corrected chi connectivity index (χ0v) is 8.37. The highest BCUT2D eigenvalue weighted by Crippen LogP contribution is 2.46. The van der Waals surface area contributed by atoms with Gasteiger partial charge in [-0.25, -0.2) is 0 Å². The van der Waals surface area contributed by atoms with Crippen LogP contribution in [0.1, 0.15) is 19.8 Å². The first-order valence-corrected chi connectivity index (χ1v) is 4.56. The fraction of sp³-hybridized carbons (Fsp3) is 0.778. The fourth-order valence-corrected chi connectivity index (χ4v) is 1.32. The highest BCUT2D eigenvalue weighted by atomic mass is 16.5. The summed E-state index contributed by atoms with van der Waals surface area (Å²) in [5.74, 6) is -1.42. The molecule has 0 aliphatic heterocycles. The fourth-order valence-electron chi connectivity index (χ4n) is 1.32. The Bertz CT molecular complexity index is 247. The molecule has 0 saturated heterocycles. The summed E-state index contributed by atoms with van der Waals surface area (Å²) in [6, 6.07) is -0.149. The van der Waals surface area contributed by atoms with Crippen LogP contribution < -0.4 is 5.32 Å². The van der Waals surface area contributed by atoms with E-state index in [9.17, 15) is 9.59 Å². The minimum Gasteiger partial charge on any atom is -0.480 e. The Morgan fingerprint density at radius 2 is 2.14 bits per heavy atom. The van der Waals surface area contributed by atoms with Crippen LogP contribution in [0.3, 0.4) is 0 Å². The number of carbonyl (C=O) groups is 2. The second-order valence-corrected chi connectivity index (χ2v) is 3.72. The lowest BCUT2D eigenvalue weighted by Gasteiger charge is -2.16. The summed E-state index contributed by atoms with van der Waals surface area (Å²) in [7, 11) is 1.53. The van der Waals surface area contributed by atoms with Gasteiger partial charge in [-0.2, -0.15) is 0 Å². The Balaban J connectivity index is 2.46. The molecule has 1 fully saturated rings. The van der Waals surface area contributed by atoms with Crippen molar-refractivity contribution in [1.29, 1.82) is 0 Å². The van der Waals surface area contributed by atoms with Crippen molar-refractivity contribution in [3.8, 4) is 0 Å². The molecule has 1 unspecified atom stereocenters. The van der Waals surface area contributed by atoms with Crippen LogP contribution >= 0.6 is 0 Å². The van der Waals surface area contributed by atoms with Crippen LogP contribution in [0.15, 0.2) is 0 Å². The van der Waals surface area contributed by atoms with Gasteiger partial charge in [-0.3, -0.25) is 9.59 Å². The molecule has 5 heteroatoms. The molecule has 0 aromatic heterocycles. The van der Waals surface area contributed by atoms with Crippen LogP contribution in [-0.4, -0.2) is 36.7 Å². The van der Waals surface area contributed by atoms with E-state index >= 15 is 0 Å². The second kappa shape index (κ2) is 3.96. The van der Waals surface area contributed by atoms with Gasteiger partial charge in [0.2, 0.25) is 5.91 Å². The Hall–Kier alpha value is -1.10. The van der Waals surface area contributed by atoms with Crippen LogP contribution in [0.2, 0.25) is 0 Å². The van der Waals surface area contributed by atoms with Crippen molar-refractivity contribution < 1.29 is 19.4 Å². The summed E-state index contributed by atoms with van der Waals surface area (Å²) in [4.78, 5) is 22.3. The number of methoxy groups -OCH3 is 1. The maximum atomic E-state index is 11.5. The van der Waals surface area contributed by atoms with Crippen molar-refractivity contribution in [2.24, 2.45) is 5.41 Å². The Kier molecular flexibility index (Phi) is 3.10. The number of nitrogens with one attached hydrogen (secondary N) is 1. The lowest BCUT2D eigenvalue weighted by Crippen LogP contribution is -2.43. The van der Waals surface area contributed by atoms with Gasteiger partial charge >= 0.3 is 5.97 Å². The monoisotopic (exact) mass is 201 g/mol. The summed E-state index contributed by atoms with van der Waals surface area (Å²) >= 11 is 0.